The third-order valence-electron chi connectivity index (χ3n) is 4.25. The van der Waals surface area contributed by atoms with E-state index in [4.69, 9.17) is 21.1 Å². The van der Waals surface area contributed by atoms with Crippen molar-refractivity contribution >= 4 is 17.5 Å². The number of aryl methyl sites for hydroxylation is 1. The molecule has 2 atom stereocenters. The topological polar surface area (TPSA) is 80.3 Å². The maximum atomic E-state index is 12.8. The predicted molar refractivity (Wildman–Crippen MR) is 86.0 cm³/mol. The highest BCUT2D eigenvalue weighted by atomic mass is 35.5. The number of amides is 1. The molecule has 1 aromatic heterocycles. The lowest BCUT2D eigenvalue weighted by Crippen LogP contribution is -2.48. The van der Waals surface area contributed by atoms with Crippen LogP contribution in [0.15, 0.2) is 18.2 Å². The molecule has 2 aromatic rings. The number of carbonyl (C=O) groups excluding carboxylic acids is 1. The van der Waals surface area contributed by atoms with Crippen LogP contribution in [-0.2, 0) is 16.0 Å². The van der Waals surface area contributed by atoms with Gasteiger partial charge in [-0.15, -0.1) is 0 Å². The van der Waals surface area contributed by atoms with E-state index in [2.05, 4.69) is 15.2 Å². The average Bonchev–Trinajstić information content (AvgIpc) is 3.20. The van der Waals surface area contributed by atoms with Crippen molar-refractivity contribution in [1.29, 1.82) is 0 Å². The molecule has 1 saturated heterocycles. The lowest BCUT2D eigenvalue weighted by Gasteiger charge is -2.32. The fourth-order valence-corrected chi connectivity index (χ4v) is 3.26. The molecule has 1 fully saturated rings. The number of carbonyl (C=O) groups is 1. The highest BCUT2D eigenvalue weighted by molar-refractivity contribution is 6.30. The van der Waals surface area contributed by atoms with Gasteiger partial charge in [-0.05, 0) is 30.7 Å². The standard InChI is InChI=1S/C16H17ClN4O3/c1-9-18-15(20-19-9)14-8-21(4-5-23-14)16(22)13-7-10-6-11(17)2-3-12(10)24-13/h2-3,6,13-14H,4-5,7-8H2,1H3,(H,18,19,20)/t13-,14+/m0/s1. The summed E-state index contributed by atoms with van der Waals surface area (Å²) >= 11 is 6.00. The van der Waals surface area contributed by atoms with Gasteiger partial charge in [-0.2, -0.15) is 5.10 Å². The van der Waals surface area contributed by atoms with E-state index in [0.29, 0.717) is 37.0 Å². The van der Waals surface area contributed by atoms with E-state index >= 15 is 0 Å². The Morgan fingerprint density at radius 1 is 1.46 bits per heavy atom. The van der Waals surface area contributed by atoms with Gasteiger partial charge >= 0.3 is 0 Å². The Morgan fingerprint density at radius 2 is 2.33 bits per heavy atom. The maximum absolute atomic E-state index is 12.8. The lowest BCUT2D eigenvalue weighted by molar-refractivity contribution is -0.146. The van der Waals surface area contributed by atoms with Gasteiger partial charge in [-0.25, -0.2) is 4.98 Å². The molecule has 3 heterocycles. The van der Waals surface area contributed by atoms with Crippen molar-refractivity contribution in [2.24, 2.45) is 0 Å². The normalized spacial score (nSPS) is 23.0. The van der Waals surface area contributed by atoms with Crippen molar-refractivity contribution in [3.8, 4) is 5.75 Å². The third kappa shape index (κ3) is 2.85. The van der Waals surface area contributed by atoms with E-state index in [1.807, 2.05) is 19.1 Å². The van der Waals surface area contributed by atoms with Gasteiger partial charge in [0.15, 0.2) is 11.9 Å². The van der Waals surface area contributed by atoms with E-state index in [1.54, 1.807) is 11.0 Å². The number of aromatic amines is 1. The first-order valence-corrected chi connectivity index (χ1v) is 8.22. The summed E-state index contributed by atoms with van der Waals surface area (Å²) in [7, 11) is 0. The number of morpholine rings is 1. The molecule has 0 spiro atoms. The molecular formula is C16H17ClN4O3. The smallest absolute Gasteiger partial charge is 0.264 e. The van der Waals surface area contributed by atoms with Gasteiger partial charge in [-0.1, -0.05) is 11.6 Å². The first-order chi connectivity index (χ1) is 11.6. The molecule has 1 aromatic carbocycles. The lowest BCUT2D eigenvalue weighted by atomic mass is 10.1. The summed E-state index contributed by atoms with van der Waals surface area (Å²) in [6.07, 6.45) is -0.284. The SMILES string of the molecule is Cc1nc([C@H]2CN(C(=O)[C@@H]3Cc4cc(Cl)ccc4O3)CCO2)n[nH]1. The molecule has 0 bridgehead atoms. The van der Waals surface area contributed by atoms with Gasteiger partial charge < -0.3 is 14.4 Å². The number of halogens is 1. The molecule has 7 nitrogen and oxygen atoms in total. The van der Waals surface area contributed by atoms with Crippen LogP contribution in [0.2, 0.25) is 5.02 Å². The summed E-state index contributed by atoms with van der Waals surface area (Å²) in [5, 5.41) is 7.58. The number of nitrogens with zero attached hydrogens (tertiary/aromatic N) is 3. The number of benzene rings is 1. The Hall–Kier alpha value is -2.12. The summed E-state index contributed by atoms with van der Waals surface area (Å²) in [6.45, 7) is 3.25. The summed E-state index contributed by atoms with van der Waals surface area (Å²) < 4.78 is 11.5. The van der Waals surface area contributed by atoms with Gasteiger partial charge in [0.2, 0.25) is 0 Å². The van der Waals surface area contributed by atoms with Crippen molar-refractivity contribution in [3.05, 3.63) is 40.4 Å². The molecule has 2 aliphatic rings. The molecule has 0 radical (unpaired) electrons. The number of fused-ring (bicyclic) bond motifs is 1. The maximum Gasteiger partial charge on any atom is 0.264 e. The van der Waals surface area contributed by atoms with E-state index in [-0.39, 0.29) is 12.0 Å². The van der Waals surface area contributed by atoms with Crippen LogP contribution in [-0.4, -0.2) is 51.8 Å². The van der Waals surface area contributed by atoms with E-state index in [1.165, 1.54) is 0 Å². The zero-order valence-electron chi connectivity index (χ0n) is 13.2. The Labute approximate surface area is 143 Å². The van der Waals surface area contributed by atoms with E-state index in [9.17, 15) is 4.79 Å². The van der Waals surface area contributed by atoms with Crippen LogP contribution >= 0.6 is 11.6 Å². The quantitative estimate of drug-likeness (QED) is 0.893. The Kier molecular flexibility index (Phi) is 3.90. The molecule has 126 valence electrons. The zero-order chi connectivity index (χ0) is 16.7. The minimum Gasteiger partial charge on any atom is -0.480 e. The summed E-state index contributed by atoms with van der Waals surface area (Å²) in [6, 6.07) is 5.43. The van der Waals surface area contributed by atoms with Gasteiger partial charge in [0, 0.05) is 18.0 Å². The number of nitrogens with one attached hydrogen (secondary N) is 1. The second-order valence-electron chi connectivity index (χ2n) is 5.99. The number of ether oxygens (including phenoxy) is 2. The molecule has 8 heteroatoms. The Balaban J connectivity index is 1.45. The van der Waals surface area contributed by atoms with Crippen LogP contribution in [0.1, 0.15) is 23.3 Å². The van der Waals surface area contributed by atoms with E-state index in [0.717, 1.165) is 17.1 Å². The molecule has 4 rings (SSSR count). The van der Waals surface area contributed by atoms with Crippen molar-refractivity contribution < 1.29 is 14.3 Å². The Morgan fingerprint density at radius 3 is 3.12 bits per heavy atom. The van der Waals surface area contributed by atoms with Crippen LogP contribution < -0.4 is 4.74 Å². The first-order valence-electron chi connectivity index (χ1n) is 7.84. The van der Waals surface area contributed by atoms with Crippen molar-refractivity contribution in [3.63, 3.8) is 0 Å². The second kappa shape index (κ2) is 6.07. The monoisotopic (exact) mass is 348 g/mol. The van der Waals surface area contributed by atoms with Gasteiger partial charge in [0.1, 0.15) is 17.7 Å². The van der Waals surface area contributed by atoms with Crippen LogP contribution in [0.5, 0.6) is 5.75 Å². The summed E-state index contributed by atoms with van der Waals surface area (Å²) in [4.78, 5) is 18.9. The van der Waals surface area contributed by atoms with Gasteiger partial charge in [0.05, 0.1) is 13.2 Å². The first kappa shape index (κ1) is 15.4. The zero-order valence-corrected chi connectivity index (χ0v) is 13.9. The molecule has 1 N–H and O–H groups in total. The number of H-pyrrole nitrogens is 1. The molecule has 24 heavy (non-hydrogen) atoms. The van der Waals surface area contributed by atoms with Crippen LogP contribution in [0, 0.1) is 6.92 Å². The van der Waals surface area contributed by atoms with Crippen LogP contribution in [0.25, 0.3) is 0 Å². The molecule has 1 amide bonds. The van der Waals surface area contributed by atoms with Gasteiger partial charge in [-0.3, -0.25) is 9.89 Å². The predicted octanol–water partition coefficient (Wildman–Crippen LogP) is 1.67. The summed E-state index contributed by atoms with van der Waals surface area (Å²) in [5.41, 5.74) is 0.968. The van der Waals surface area contributed by atoms with Crippen molar-refractivity contribution in [2.45, 2.75) is 25.6 Å². The van der Waals surface area contributed by atoms with E-state index < -0.39 is 6.10 Å². The number of hydrogen-bond donors (Lipinski definition) is 1. The summed E-state index contributed by atoms with van der Waals surface area (Å²) in [5.74, 6) is 1.99. The largest absolute Gasteiger partial charge is 0.480 e. The molecule has 0 unspecified atom stereocenters. The highest BCUT2D eigenvalue weighted by Crippen LogP contribution is 2.32. The average molecular weight is 349 g/mol. The fraction of sp³-hybridized carbons (Fsp3) is 0.438. The molecular weight excluding hydrogens is 332 g/mol. The molecule has 0 aliphatic carbocycles. The van der Waals surface area contributed by atoms with Crippen molar-refractivity contribution in [2.75, 3.05) is 19.7 Å². The second-order valence-corrected chi connectivity index (χ2v) is 6.42. The third-order valence-corrected chi connectivity index (χ3v) is 4.49. The Bertz CT molecular complexity index is 778. The van der Waals surface area contributed by atoms with Crippen LogP contribution in [0.3, 0.4) is 0 Å². The van der Waals surface area contributed by atoms with Crippen LogP contribution in [0.4, 0.5) is 0 Å². The molecule has 2 aliphatic heterocycles. The van der Waals surface area contributed by atoms with Crippen molar-refractivity contribution in [1.82, 2.24) is 20.1 Å². The number of hydrogen-bond acceptors (Lipinski definition) is 5. The van der Waals surface area contributed by atoms with Gasteiger partial charge in [0.25, 0.3) is 5.91 Å². The molecule has 0 saturated carbocycles. The number of aromatic nitrogens is 3. The number of rotatable bonds is 2. The minimum atomic E-state index is -0.508. The highest BCUT2D eigenvalue weighted by Gasteiger charge is 2.36. The minimum absolute atomic E-state index is 0.0390. The fourth-order valence-electron chi connectivity index (χ4n) is 3.07.